The number of hydrogen-bond donors (Lipinski definition) is 0. The molecule has 88 valence electrons. The predicted octanol–water partition coefficient (Wildman–Crippen LogP) is 5.42. The minimum absolute atomic E-state index is 0.161. The van der Waals surface area contributed by atoms with Crippen LogP contribution in [0.15, 0.2) is 47.4 Å². The Hall–Kier alpha value is -0.700. The molecule has 0 heterocycles. The minimum Gasteiger partial charge on any atom is -0.205 e. The smallest absolute Gasteiger partial charge is 0.141 e. The molecular formula is C13H9Cl2FS. The van der Waals surface area contributed by atoms with Gasteiger partial charge in [-0.2, -0.15) is 0 Å². The summed E-state index contributed by atoms with van der Waals surface area (Å²) in [7, 11) is 0. The van der Waals surface area contributed by atoms with E-state index in [0.29, 0.717) is 5.02 Å². The predicted molar refractivity (Wildman–Crippen MR) is 72.4 cm³/mol. The molecule has 0 atom stereocenters. The van der Waals surface area contributed by atoms with Crippen molar-refractivity contribution in [2.45, 2.75) is 10.6 Å². The number of hydrogen-bond acceptors (Lipinski definition) is 1. The van der Waals surface area contributed by atoms with Gasteiger partial charge in [0.05, 0.1) is 5.02 Å². The lowest BCUT2D eigenvalue weighted by Crippen LogP contribution is -1.83. The van der Waals surface area contributed by atoms with E-state index in [-0.39, 0.29) is 10.8 Å². The zero-order chi connectivity index (χ0) is 12.3. The second kappa shape index (κ2) is 5.76. The lowest BCUT2D eigenvalue weighted by atomic mass is 10.2. The Labute approximate surface area is 114 Å². The van der Waals surface area contributed by atoms with Gasteiger partial charge < -0.3 is 0 Å². The molecule has 0 spiro atoms. The van der Waals surface area contributed by atoms with Crippen LogP contribution < -0.4 is 0 Å². The van der Waals surface area contributed by atoms with Gasteiger partial charge in [-0.25, -0.2) is 4.39 Å². The van der Waals surface area contributed by atoms with Gasteiger partial charge in [0.15, 0.2) is 0 Å². The summed E-state index contributed by atoms with van der Waals surface area (Å²) in [6.45, 7) is 0. The molecule has 0 aliphatic carbocycles. The van der Waals surface area contributed by atoms with Gasteiger partial charge in [0.2, 0.25) is 0 Å². The summed E-state index contributed by atoms with van der Waals surface area (Å²) in [4.78, 5) is 1.08. The van der Waals surface area contributed by atoms with Gasteiger partial charge in [0, 0.05) is 15.7 Å². The Morgan fingerprint density at radius 1 is 1.06 bits per heavy atom. The second-order valence-corrected chi connectivity index (χ2v) is 5.39. The van der Waals surface area contributed by atoms with E-state index in [2.05, 4.69) is 0 Å². The number of benzene rings is 2. The van der Waals surface area contributed by atoms with Crippen LogP contribution in [0.25, 0.3) is 0 Å². The molecule has 0 saturated carbocycles. The van der Waals surface area contributed by atoms with Crippen molar-refractivity contribution in [2.75, 3.05) is 0 Å². The van der Waals surface area contributed by atoms with Crippen LogP contribution in [0.4, 0.5) is 4.39 Å². The Kier molecular flexibility index (Phi) is 4.32. The molecule has 0 saturated heterocycles. The number of halogens is 3. The first-order valence-corrected chi connectivity index (χ1v) is 6.71. The maximum Gasteiger partial charge on any atom is 0.141 e. The fraction of sp³-hybridized carbons (Fsp3) is 0.0769. The highest BCUT2D eigenvalue weighted by Gasteiger charge is 2.02. The van der Waals surface area contributed by atoms with Crippen LogP contribution in [0.5, 0.6) is 0 Å². The molecule has 0 unspecified atom stereocenters. The third kappa shape index (κ3) is 3.63. The van der Waals surface area contributed by atoms with E-state index in [1.54, 1.807) is 23.9 Å². The van der Waals surface area contributed by atoms with Crippen molar-refractivity contribution in [3.05, 3.63) is 63.9 Å². The van der Waals surface area contributed by atoms with Gasteiger partial charge in [-0.1, -0.05) is 35.3 Å². The van der Waals surface area contributed by atoms with Gasteiger partial charge in [-0.15, -0.1) is 11.8 Å². The molecule has 0 N–H and O–H groups in total. The molecule has 2 rings (SSSR count). The molecule has 2 aromatic carbocycles. The molecule has 0 amide bonds. The number of rotatable bonds is 3. The third-order valence-corrected chi connectivity index (χ3v) is 3.78. The van der Waals surface area contributed by atoms with Gasteiger partial charge in [-0.05, 0) is 35.9 Å². The van der Waals surface area contributed by atoms with E-state index < -0.39 is 0 Å². The summed E-state index contributed by atoms with van der Waals surface area (Å²) >= 11 is 13.2. The highest BCUT2D eigenvalue weighted by atomic mass is 35.5. The first kappa shape index (κ1) is 12.7. The van der Waals surface area contributed by atoms with Crippen LogP contribution >= 0.6 is 35.0 Å². The van der Waals surface area contributed by atoms with E-state index in [0.717, 1.165) is 16.2 Å². The Balaban J connectivity index is 2.05. The summed E-state index contributed by atoms with van der Waals surface area (Å²) in [6, 6.07) is 12.4. The first-order chi connectivity index (χ1) is 8.15. The van der Waals surface area contributed by atoms with Crippen molar-refractivity contribution >= 4 is 35.0 Å². The molecule has 0 aliphatic heterocycles. The summed E-state index contributed by atoms with van der Waals surface area (Å²) in [5, 5.41) is 0.876. The topological polar surface area (TPSA) is 0 Å². The van der Waals surface area contributed by atoms with E-state index in [1.807, 2.05) is 24.3 Å². The Bertz CT molecular complexity index is 529. The van der Waals surface area contributed by atoms with E-state index in [1.165, 1.54) is 6.07 Å². The molecule has 4 heteroatoms. The van der Waals surface area contributed by atoms with E-state index in [4.69, 9.17) is 23.2 Å². The second-order valence-electron chi connectivity index (χ2n) is 3.49. The summed E-state index contributed by atoms with van der Waals surface area (Å²) in [6.07, 6.45) is 0. The third-order valence-electron chi connectivity index (χ3n) is 2.19. The highest BCUT2D eigenvalue weighted by molar-refractivity contribution is 7.98. The van der Waals surface area contributed by atoms with Crippen LogP contribution in [0.3, 0.4) is 0 Å². The van der Waals surface area contributed by atoms with Crippen molar-refractivity contribution in [3.63, 3.8) is 0 Å². The zero-order valence-electron chi connectivity index (χ0n) is 8.79. The van der Waals surface area contributed by atoms with Gasteiger partial charge in [0.1, 0.15) is 5.82 Å². The molecule has 0 fully saturated rings. The standard InChI is InChI=1S/C13H9Cl2FS/c14-10-2-1-3-11(7-10)17-8-9-4-5-13(16)12(15)6-9/h1-7H,8H2. The lowest BCUT2D eigenvalue weighted by molar-refractivity contribution is 0.628. The van der Waals surface area contributed by atoms with Crippen molar-refractivity contribution in [3.8, 4) is 0 Å². The molecule has 0 bridgehead atoms. The minimum atomic E-state index is -0.386. The van der Waals surface area contributed by atoms with Gasteiger partial charge >= 0.3 is 0 Å². The molecule has 17 heavy (non-hydrogen) atoms. The summed E-state index contributed by atoms with van der Waals surface area (Å²) < 4.78 is 13.0. The van der Waals surface area contributed by atoms with E-state index >= 15 is 0 Å². The fourth-order valence-corrected chi connectivity index (χ4v) is 2.71. The van der Waals surface area contributed by atoms with Crippen molar-refractivity contribution in [2.24, 2.45) is 0 Å². The maximum atomic E-state index is 13.0. The molecule has 2 aromatic rings. The van der Waals surface area contributed by atoms with Crippen LogP contribution in [-0.4, -0.2) is 0 Å². The molecule has 0 aliphatic rings. The molecular weight excluding hydrogens is 278 g/mol. The van der Waals surface area contributed by atoms with Crippen molar-refractivity contribution in [1.82, 2.24) is 0 Å². The van der Waals surface area contributed by atoms with Gasteiger partial charge in [-0.3, -0.25) is 0 Å². The van der Waals surface area contributed by atoms with E-state index in [9.17, 15) is 4.39 Å². The number of thioether (sulfide) groups is 1. The average Bonchev–Trinajstić information content (AvgIpc) is 2.31. The maximum absolute atomic E-state index is 13.0. The van der Waals surface area contributed by atoms with Crippen LogP contribution in [0.2, 0.25) is 10.0 Å². The zero-order valence-corrected chi connectivity index (χ0v) is 11.1. The molecule has 0 radical (unpaired) electrons. The SMILES string of the molecule is Fc1ccc(CSc2cccc(Cl)c2)cc1Cl. The average molecular weight is 287 g/mol. The molecule has 0 aromatic heterocycles. The van der Waals surface area contributed by atoms with Crippen molar-refractivity contribution in [1.29, 1.82) is 0 Å². The van der Waals surface area contributed by atoms with Crippen LogP contribution in [0, 0.1) is 5.82 Å². The van der Waals surface area contributed by atoms with Crippen molar-refractivity contribution < 1.29 is 4.39 Å². The fourth-order valence-electron chi connectivity index (χ4n) is 1.35. The monoisotopic (exact) mass is 286 g/mol. The lowest BCUT2D eigenvalue weighted by Gasteiger charge is -2.03. The first-order valence-electron chi connectivity index (χ1n) is 4.97. The van der Waals surface area contributed by atoms with Crippen LogP contribution in [-0.2, 0) is 5.75 Å². The summed E-state index contributed by atoms with van der Waals surface area (Å²) in [5.41, 5.74) is 0.987. The van der Waals surface area contributed by atoms with Crippen LogP contribution in [0.1, 0.15) is 5.56 Å². The largest absolute Gasteiger partial charge is 0.205 e. The summed E-state index contributed by atoms with van der Waals surface area (Å²) in [5.74, 6) is 0.350. The Morgan fingerprint density at radius 2 is 1.88 bits per heavy atom. The molecule has 0 nitrogen and oxygen atoms in total. The normalized spacial score (nSPS) is 10.5. The Morgan fingerprint density at radius 3 is 2.59 bits per heavy atom. The quantitative estimate of drug-likeness (QED) is 0.679. The highest BCUT2D eigenvalue weighted by Crippen LogP contribution is 2.26. The van der Waals surface area contributed by atoms with Gasteiger partial charge in [0.25, 0.3) is 0 Å².